The van der Waals surface area contributed by atoms with Crippen molar-refractivity contribution in [3.8, 4) is 0 Å². The molecular formula is C26H39N9O3. The third kappa shape index (κ3) is 8.17. The van der Waals surface area contributed by atoms with Crippen LogP contribution in [0.1, 0.15) is 27.2 Å². The fraction of sp³-hybridized carbons (Fsp3) is 0.577. The molecule has 2 saturated heterocycles. The molecule has 2 aliphatic rings. The third-order valence-corrected chi connectivity index (χ3v) is 6.45. The molecule has 0 unspecified atom stereocenters. The second kappa shape index (κ2) is 12.7. The van der Waals surface area contributed by atoms with E-state index in [9.17, 15) is 9.59 Å². The van der Waals surface area contributed by atoms with E-state index < -0.39 is 5.60 Å². The van der Waals surface area contributed by atoms with Gasteiger partial charge in [-0.15, -0.1) is 0 Å². The van der Waals surface area contributed by atoms with Gasteiger partial charge in [0, 0.05) is 77.0 Å². The van der Waals surface area contributed by atoms with Gasteiger partial charge in [0.25, 0.3) is 0 Å². The number of amides is 3. The Kier molecular flexibility index (Phi) is 9.16. The van der Waals surface area contributed by atoms with Gasteiger partial charge in [0.2, 0.25) is 5.95 Å². The molecular weight excluding hydrogens is 486 g/mol. The highest BCUT2D eigenvalue weighted by atomic mass is 16.6. The molecule has 4 rings (SSSR count). The number of rotatable bonds is 7. The summed E-state index contributed by atoms with van der Waals surface area (Å²) < 4.78 is 5.44. The van der Waals surface area contributed by atoms with Crippen molar-refractivity contribution in [2.24, 2.45) is 0 Å². The van der Waals surface area contributed by atoms with Gasteiger partial charge in [-0.2, -0.15) is 0 Å². The monoisotopic (exact) mass is 525 g/mol. The van der Waals surface area contributed by atoms with Crippen LogP contribution in [0.15, 0.2) is 36.9 Å². The van der Waals surface area contributed by atoms with Crippen molar-refractivity contribution in [1.82, 2.24) is 30.1 Å². The predicted octanol–water partition coefficient (Wildman–Crippen LogP) is 2.26. The highest BCUT2D eigenvalue weighted by Gasteiger charge is 2.26. The molecule has 0 spiro atoms. The van der Waals surface area contributed by atoms with Crippen LogP contribution in [0.25, 0.3) is 0 Å². The minimum atomic E-state index is -0.510. The van der Waals surface area contributed by atoms with Gasteiger partial charge in [0.1, 0.15) is 5.60 Å². The molecule has 3 amide bonds. The molecule has 0 radical (unpaired) electrons. The first kappa shape index (κ1) is 27.4. The van der Waals surface area contributed by atoms with Gasteiger partial charge in [-0.1, -0.05) is 0 Å². The minimum absolute atomic E-state index is 0.269. The Labute approximate surface area is 224 Å². The molecule has 2 aromatic heterocycles. The van der Waals surface area contributed by atoms with Crippen molar-refractivity contribution in [2.45, 2.75) is 32.8 Å². The van der Waals surface area contributed by atoms with Gasteiger partial charge in [0.05, 0.1) is 18.1 Å². The molecule has 2 aliphatic heterocycles. The van der Waals surface area contributed by atoms with Gasteiger partial charge in [-0.25, -0.2) is 19.6 Å². The molecule has 12 nitrogen and oxygen atoms in total. The van der Waals surface area contributed by atoms with Crippen molar-refractivity contribution in [2.75, 3.05) is 80.6 Å². The minimum Gasteiger partial charge on any atom is -0.444 e. The number of aromatic nitrogens is 3. The zero-order chi connectivity index (χ0) is 27.0. The topological polar surface area (TPSA) is 119 Å². The van der Waals surface area contributed by atoms with E-state index in [0.717, 1.165) is 39.1 Å². The van der Waals surface area contributed by atoms with Crippen molar-refractivity contribution in [3.05, 3.63) is 36.9 Å². The second-order valence-corrected chi connectivity index (χ2v) is 10.5. The van der Waals surface area contributed by atoms with E-state index in [1.807, 2.05) is 50.2 Å². The van der Waals surface area contributed by atoms with Crippen molar-refractivity contribution < 1.29 is 14.3 Å². The summed E-state index contributed by atoms with van der Waals surface area (Å²) in [7, 11) is 0. The lowest BCUT2D eigenvalue weighted by atomic mass is 10.2. The number of anilines is 3. The molecule has 0 aliphatic carbocycles. The van der Waals surface area contributed by atoms with E-state index >= 15 is 0 Å². The highest BCUT2D eigenvalue weighted by Crippen LogP contribution is 2.16. The van der Waals surface area contributed by atoms with Gasteiger partial charge >= 0.3 is 12.1 Å². The number of nitrogens with one attached hydrogen (secondary N) is 2. The SMILES string of the molecule is CC(C)(C)OC(=O)N1CCN(c2ncc(NC(=O)NCCCN3CCN(c4ccncc4)CC3)cn2)CC1. The first-order valence-electron chi connectivity index (χ1n) is 13.2. The third-order valence-electron chi connectivity index (χ3n) is 6.45. The number of piperazine rings is 2. The van der Waals surface area contributed by atoms with Gasteiger partial charge < -0.3 is 30.1 Å². The average Bonchev–Trinajstić information content (AvgIpc) is 2.91. The maximum atomic E-state index is 12.3. The fourth-order valence-corrected chi connectivity index (χ4v) is 4.43. The molecule has 0 saturated carbocycles. The number of pyridine rings is 1. The number of hydrogen-bond acceptors (Lipinski definition) is 9. The number of ether oxygens (including phenoxy) is 1. The Hall–Kier alpha value is -3.67. The molecule has 2 aromatic rings. The molecule has 0 aromatic carbocycles. The molecule has 206 valence electrons. The molecule has 2 N–H and O–H groups in total. The van der Waals surface area contributed by atoms with E-state index in [1.165, 1.54) is 5.69 Å². The molecule has 4 heterocycles. The Morgan fingerprint density at radius 3 is 2.18 bits per heavy atom. The van der Waals surface area contributed by atoms with Gasteiger partial charge in [-0.3, -0.25) is 9.88 Å². The van der Waals surface area contributed by atoms with Crippen LogP contribution < -0.4 is 20.4 Å². The molecule has 12 heteroatoms. The standard InChI is InChI=1S/C26H39N9O3/c1-26(2,3)38-25(37)35-17-15-34(16-18-35)23-29-19-21(20-30-23)31-24(36)28-7-4-10-32-11-13-33(14-12-32)22-5-8-27-9-6-22/h5-6,8-9,19-20H,4,7,10-18H2,1-3H3,(H2,28,31,36). The zero-order valence-electron chi connectivity index (χ0n) is 22.6. The smallest absolute Gasteiger partial charge is 0.410 e. The van der Waals surface area contributed by atoms with Gasteiger partial charge in [-0.05, 0) is 45.9 Å². The van der Waals surface area contributed by atoms with E-state index in [4.69, 9.17) is 4.74 Å². The molecule has 2 fully saturated rings. The predicted molar refractivity (Wildman–Crippen MR) is 147 cm³/mol. The summed E-state index contributed by atoms with van der Waals surface area (Å²) in [6.45, 7) is 13.4. The highest BCUT2D eigenvalue weighted by molar-refractivity contribution is 5.88. The molecule has 0 atom stereocenters. The van der Waals surface area contributed by atoms with Crippen LogP contribution in [0.3, 0.4) is 0 Å². The van der Waals surface area contributed by atoms with Gasteiger partial charge in [0.15, 0.2) is 0 Å². The Morgan fingerprint density at radius 1 is 0.921 bits per heavy atom. The van der Waals surface area contributed by atoms with Crippen LogP contribution in [0.2, 0.25) is 0 Å². The molecule has 0 bridgehead atoms. The van der Waals surface area contributed by atoms with Crippen LogP contribution in [-0.2, 0) is 4.74 Å². The van der Waals surface area contributed by atoms with E-state index in [0.29, 0.717) is 44.4 Å². The zero-order valence-corrected chi connectivity index (χ0v) is 22.6. The summed E-state index contributed by atoms with van der Waals surface area (Å²) in [5.74, 6) is 0.573. The number of urea groups is 1. The van der Waals surface area contributed by atoms with Crippen molar-refractivity contribution >= 4 is 29.4 Å². The Balaban J connectivity index is 1.10. The van der Waals surface area contributed by atoms with Crippen LogP contribution in [-0.4, -0.2) is 108 Å². The lowest BCUT2D eigenvalue weighted by Crippen LogP contribution is -2.50. The summed E-state index contributed by atoms with van der Waals surface area (Å²) >= 11 is 0. The normalized spacial score (nSPS) is 16.8. The fourth-order valence-electron chi connectivity index (χ4n) is 4.43. The Morgan fingerprint density at radius 2 is 1.55 bits per heavy atom. The van der Waals surface area contributed by atoms with Crippen LogP contribution in [0, 0.1) is 0 Å². The van der Waals surface area contributed by atoms with Crippen molar-refractivity contribution in [3.63, 3.8) is 0 Å². The summed E-state index contributed by atoms with van der Waals surface area (Å²) in [6.07, 6.45) is 7.45. The second-order valence-electron chi connectivity index (χ2n) is 10.5. The van der Waals surface area contributed by atoms with Crippen LogP contribution in [0.4, 0.5) is 26.9 Å². The average molecular weight is 526 g/mol. The summed E-state index contributed by atoms with van der Waals surface area (Å²) in [5.41, 5.74) is 1.24. The molecule has 38 heavy (non-hydrogen) atoms. The summed E-state index contributed by atoms with van der Waals surface area (Å²) in [5, 5.41) is 5.70. The number of nitrogens with zero attached hydrogens (tertiary/aromatic N) is 7. The number of carbonyl (C=O) groups excluding carboxylic acids is 2. The summed E-state index contributed by atoms with van der Waals surface area (Å²) in [6, 6.07) is 3.83. The maximum absolute atomic E-state index is 12.3. The number of carbonyl (C=O) groups is 2. The van der Waals surface area contributed by atoms with E-state index in [2.05, 4.69) is 35.4 Å². The van der Waals surface area contributed by atoms with Crippen LogP contribution >= 0.6 is 0 Å². The first-order chi connectivity index (χ1) is 18.3. The lowest BCUT2D eigenvalue weighted by Gasteiger charge is -2.36. The Bertz CT molecular complexity index is 1030. The quantitative estimate of drug-likeness (QED) is 0.525. The maximum Gasteiger partial charge on any atom is 0.410 e. The largest absolute Gasteiger partial charge is 0.444 e. The van der Waals surface area contributed by atoms with E-state index in [-0.39, 0.29) is 12.1 Å². The van der Waals surface area contributed by atoms with Crippen LogP contribution in [0.5, 0.6) is 0 Å². The summed E-state index contributed by atoms with van der Waals surface area (Å²) in [4.78, 5) is 45.9. The van der Waals surface area contributed by atoms with E-state index in [1.54, 1.807) is 17.3 Å². The lowest BCUT2D eigenvalue weighted by molar-refractivity contribution is 0.0240. The first-order valence-corrected chi connectivity index (χ1v) is 13.2. The van der Waals surface area contributed by atoms with Crippen molar-refractivity contribution in [1.29, 1.82) is 0 Å². The number of hydrogen-bond donors (Lipinski definition) is 2.